The summed E-state index contributed by atoms with van der Waals surface area (Å²) in [7, 11) is 0. The molecule has 1 aliphatic rings. The number of aromatic nitrogens is 1. The number of phenolic OH excluding ortho intramolecular Hbond substituents is 1. The van der Waals surface area contributed by atoms with Gasteiger partial charge in [0.25, 0.3) is 0 Å². The number of hydrogen-bond donors (Lipinski definition) is 1. The van der Waals surface area contributed by atoms with E-state index in [0.29, 0.717) is 6.42 Å². The van der Waals surface area contributed by atoms with Gasteiger partial charge >= 0.3 is 0 Å². The molecule has 0 saturated heterocycles. The van der Waals surface area contributed by atoms with Crippen molar-refractivity contribution in [1.82, 2.24) is 5.16 Å². The van der Waals surface area contributed by atoms with E-state index in [-0.39, 0.29) is 5.75 Å². The number of phenols is 1. The summed E-state index contributed by atoms with van der Waals surface area (Å²) in [5, 5.41) is 14.2. The van der Waals surface area contributed by atoms with Crippen molar-refractivity contribution in [2.45, 2.75) is 19.8 Å². The van der Waals surface area contributed by atoms with Gasteiger partial charge in [-0.1, -0.05) is 47.6 Å². The van der Waals surface area contributed by atoms with Crippen LogP contribution in [0, 0.1) is 6.92 Å². The molecule has 0 atom stereocenters. The molecule has 3 aromatic rings. The molecule has 0 radical (unpaired) electrons. The van der Waals surface area contributed by atoms with Crippen molar-refractivity contribution in [3.63, 3.8) is 0 Å². The normalized spacial score (nSPS) is 13.6. The van der Waals surface area contributed by atoms with Crippen LogP contribution in [0.2, 0.25) is 0 Å². The van der Waals surface area contributed by atoms with Crippen LogP contribution in [-0.4, -0.2) is 16.9 Å². The first-order chi connectivity index (χ1) is 12.2. The van der Waals surface area contributed by atoms with E-state index in [0.717, 1.165) is 52.5 Å². The Morgan fingerprint density at radius 1 is 1.04 bits per heavy atom. The molecule has 0 fully saturated rings. The van der Waals surface area contributed by atoms with Crippen LogP contribution in [-0.2, 0) is 11.2 Å². The third kappa shape index (κ3) is 3.03. The van der Waals surface area contributed by atoms with Crippen molar-refractivity contribution in [3.8, 4) is 17.1 Å². The van der Waals surface area contributed by atoms with Crippen LogP contribution in [0.1, 0.15) is 28.8 Å². The fraction of sp³-hybridized carbons (Fsp3) is 0.190. The lowest BCUT2D eigenvalue weighted by Gasteiger charge is -2.07. The average molecular weight is 333 g/mol. The Kier molecular flexibility index (Phi) is 4.02. The van der Waals surface area contributed by atoms with Crippen LogP contribution < -0.4 is 0 Å². The van der Waals surface area contributed by atoms with Crippen molar-refractivity contribution in [1.29, 1.82) is 0 Å². The summed E-state index contributed by atoms with van der Waals surface area (Å²) in [5.41, 5.74) is 4.72. The van der Waals surface area contributed by atoms with Crippen molar-refractivity contribution >= 4 is 5.76 Å². The molecule has 0 amide bonds. The zero-order valence-electron chi connectivity index (χ0n) is 14.0. The Morgan fingerprint density at radius 3 is 2.52 bits per heavy atom. The molecule has 0 saturated carbocycles. The summed E-state index contributed by atoms with van der Waals surface area (Å²) >= 11 is 0. The maximum absolute atomic E-state index is 10.0. The Bertz CT molecular complexity index is 923. The first-order valence-corrected chi connectivity index (χ1v) is 8.38. The molecular weight excluding hydrogens is 314 g/mol. The molecular formula is C21H19NO3. The van der Waals surface area contributed by atoms with Gasteiger partial charge in [0.2, 0.25) is 0 Å². The molecule has 4 nitrogen and oxygen atoms in total. The van der Waals surface area contributed by atoms with E-state index in [4.69, 9.17) is 9.26 Å². The monoisotopic (exact) mass is 333 g/mol. The molecule has 25 heavy (non-hydrogen) atoms. The van der Waals surface area contributed by atoms with E-state index in [2.05, 4.69) is 11.2 Å². The SMILES string of the molecule is Cc1noc(-c2ccc(C3=CCCO3)cc2)c1Cc1ccccc1O. The zero-order valence-corrected chi connectivity index (χ0v) is 14.0. The predicted octanol–water partition coefficient (Wildman–Crippen LogP) is 4.71. The van der Waals surface area contributed by atoms with E-state index in [1.54, 1.807) is 6.07 Å². The van der Waals surface area contributed by atoms with E-state index in [9.17, 15) is 5.11 Å². The second-order valence-corrected chi connectivity index (χ2v) is 6.16. The lowest BCUT2D eigenvalue weighted by molar-refractivity contribution is 0.307. The summed E-state index contributed by atoms with van der Waals surface area (Å²) in [6.07, 6.45) is 3.65. The molecule has 4 rings (SSSR count). The summed E-state index contributed by atoms with van der Waals surface area (Å²) in [6.45, 7) is 2.68. The Hall–Kier alpha value is -3.01. The van der Waals surface area contributed by atoms with Crippen molar-refractivity contribution < 1.29 is 14.4 Å². The minimum Gasteiger partial charge on any atom is -0.508 e. The first kappa shape index (κ1) is 15.5. The van der Waals surface area contributed by atoms with Crippen molar-refractivity contribution in [3.05, 3.63) is 77.0 Å². The third-order valence-corrected chi connectivity index (χ3v) is 4.48. The molecule has 1 N–H and O–H groups in total. The minimum absolute atomic E-state index is 0.287. The topological polar surface area (TPSA) is 55.5 Å². The predicted molar refractivity (Wildman–Crippen MR) is 96.1 cm³/mol. The number of rotatable bonds is 4. The van der Waals surface area contributed by atoms with Gasteiger partial charge in [0, 0.05) is 29.5 Å². The van der Waals surface area contributed by atoms with Crippen molar-refractivity contribution in [2.24, 2.45) is 0 Å². The molecule has 2 heterocycles. The van der Waals surface area contributed by atoms with Gasteiger partial charge in [-0.15, -0.1) is 0 Å². The summed E-state index contributed by atoms with van der Waals surface area (Å²) in [6, 6.07) is 15.5. The van der Waals surface area contributed by atoms with Gasteiger partial charge in [0.15, 0.2) is 5.76 Å². The molecule has 0 aliphatic carbocycles. The van der Waals surface area contributed by atoms with E-state index in [1.807, 2.05) is 49.4 Å². The standard InChI is InChI=1S/C21H19NO3/c1-14-18(13-17-5-2-3-6-19(17)23)21(25-22-14)16-10-8-15(9-11-16)20-7-4-12-24-20/h2-3,5-11,23H,4,12-13H2,1H3. The Morgan fingerprint density at radius 2 is 1.80 bits per heavy atom. The highest BCUT2D eigenvalue weighted by Crippen LogP contribution is 2.31. The first-order valence-electron chi connectivity index (χ1n) is 8.38. The number of ether oxygens (including phenoxy) is 1. The Balaban J connectivity index is 1.66. The molecule has 126 valence electrons. The highest BCUT2D eigenvalue weighted by molar-refractivity contribution is 5.68. The van der Waals surface area contributed by atoms with Gasteiger partial charge in [-0.3, -0.25) is 0 Å². The molecule has 0 bridgehead atoms. The largest absolute Gasteiger partial charge is 0.508 e. The van der Waals surface area contributed by atoms with Gasteiger partial charge in [-0.25, -0.2) is 0 Å². The number of hydrogen-bond acceptors (Lipinski definition) is 4. The van der Waals surface area contributed by atoms with Crippen LogP contribution in [0.15, 0.2) is 59.1 Å². The van der Waals surface area contributed by atoms with Gasteiger partial charge in [0.1, 0.15) is 11.5 Å². The lowest BCUT2D eigenvalue weighted by atomic mass is 9.98. The zero-order chi connectivity index (χ0) is 17.2. The number of aryl methyl sites for hydroxylation is 1. The van der Waals surface area contributed by atoms with E-state index in [1.165, 1.54) is 0 Å². The average Bonchev–Trinajstić information content (AvgIpc) is 3.28. The maximum Gasteiger partial charge on any atom is 0.170 e. The van der Waals surface area contributed by atoms with Crippen LogP contribution >= 0.6 is 0 Å². The number of para-hydroxylation sites is 1. The summed E-state index contributed by atoms with van der Waals surface area (Å²) in [4.78, 5) is 0. The van der Waals surface area contributed by atoms with Crippen LogP contribution in [0.5, 0.6) is 5.75 Å². The number of aromatic hydroxyl groups is 1. The van der Waals surface area contributed by atoms with Gasteiger partial charge in [0.05, 0.1) is 12.3 Å². The molecule has 2 aromatic carbocycles. The molecule has 4 heteroatoms. The second-order valence-electron chi connectivity index (χ2n) is 6.16. The van der Waals surface area contributed by atoms with Gasteiger partial charge in [-0.05, 0) is 24.6 Å². The minimum atomic E-state index is 0.287. The second kappa shape index (κ2) is 6.48. The molecule has 0 spiro atoms. The number of nitrogens with zero attached hydrogens (tertiary/aromatic N) is 1. The summed E-state index contributed by atoms with van der Waals surface area (Å²) < 4.78 is 11.2. The molecule has 0 unspecified atom stereocenters. The fourth-order valence-corrected chi connectivity index (χ4v) is 3.08. The molecule has 1 aliphatic heterocycles. The number of benzene rings is 2. The Labute approximate surface area is 146 Å². The highest BCUT2D eigenvalue weighted by Gasteiger charge is 2.17. The summed E-state index contributed by atoms with van der Waals surface area (Å²) in [5.74, 6) is 1.97. The lowest BCUT2D eigenvalue weighted by Crippen LogP contribution is -1.93. The maximum atomic E-state index is 10.0. The highest BCUT2D eigenvalue weighted by atomic mass is 16.5. The van der Waals surface area contributed by atoms with E-state index >= 15 is 0 Å². The van der Waals surface area contributed by atoms with Crippen molar-refractivity contribution in [2.75, 3.05) is 6.61 Å². The smallest absolute Gasteiger partial charge is 0.170 e. The third-order valence-electron chi connectivity index (χ3n) is 4.48. The quantitative estimate of drug-likeness (QED) is 0.751. The van der Waals surface area contributed by atoms with Crippen LogP contribution in [0.25, 0.3) is 17.1 Å². The van der Waals surface area contributed by atoms with Crippen LogP contribution in [0.3, 0.4) is 0 Å². The van der Waals surface area contributed by atoms with Gasteiger partial charge < -0.3 is 14.4 Å². The van der Waals surface area contributed by atoms with Crippen LogP contribution in [0.4, 0.5) is 0 Å². The fourth-order valence-electron chi connectivity index (χ4n) is 3.08. The van der Waals surface area contributed by atoms with E-state index < -0.39 is 0 Å². The van der Waals surface area contributed by atoms with Gasteiger partial charge in [-0.2, -0.15) is 0 Å². The molecule has 1 aromatic heterocycles.